The van der Waals surface area contributed by atoms with E-state index in [1.165, 1.54) is 7.11 Å². The second kappa shape index (κ2) is 20.8. The Labute approximate surface area is 325 Å². The molecule has 0 spiro atoms. The van der Waals surface area contributed by atoms with Gasteiger partial charge in [-0.25, -0.2) is 4.79 Å². The maximum absolute atomic E-state index is 13.3. The molecule has 3 amide bonds. The first kappa shape index (κ1) is 42.3. The van der Waals surface area contributed by atoms with Crippen molar-refractivity contribution in [3.05, 3.63) is 107 Å². The summed E-state index contributed by atoms with van der Waals surface area (Å²) in [7, 11) is 7.37. The van der Waals surface area contributed by atoms with E-state index in [0.717, 1.165) is 24.0 Å². The third-order valence-corrected chi connectivity index (χ3v) is 9.23. The number of carbonyl (C=O) groups excluding carboxylic acids is 4. The normalized spacial score (nSPS) is 18.6. The van der Waals surface area contributed by atoms with Gasteiger partial charge in [0.05, 0.1) is 32.0 Å². The summed E-state index contributed by atoms with van der Waals surface area (Å²) in [6.45, 7) is 9.66. The minimum atomic E-state index is -0.413. The SMILES string of the molecule is C=C1/C=C(OC)\C(OCCCC(=O)Nc2cc(C(=O)NC(/C=C\C(=C/C)c3cc(C(=O)OCCNP)n(C)c3)=C/C)n(C)c2)=C/CN=CC2CCCN2C1=O. The number of aliphatic imine (C=N–C) groups is 1. The first-order chi connectivity index (χ1) is 26.5. The minimum Gasteiger partial charge on any atom is -0.493 e. The van der Waals surface area contributed by atoms with Gasteiger partial charge in [-0.2, -0.15) is 0 Å². The molecule has 2 aromatic heterocycles. The number of hydrogen-bond donors (Lipinski definition) is 3. The monoisotopic (exact) mass is 773 g/mol. The zero-order valence-electron chi connectivity index (χ0n) is 32.2. The Morgan fingerprint density at radius 3 is 2.56 bits per heavy atom. The molecule has 4 heterocycles. The van der Waals surface area contributed by atoms with Crippen LogP contribution >= 0.6 is 9.39 Å². The molecule has 294 valence electrons. The molecule has 15 heteroatoms. The Morgan fingerprint density at radius 1 is 1.05 bits per heavy atom. The van der Waals surface area contributed by atoms with Crippen molar-refractivity contribution < 1.29 is 33.4 Å². The number of aryl methyl sites for hydroxylation is 2. The number of rotatable bonds is 16. The molecule has 0 aromatic carbocycles. The Balaban J connectivity index is 1.30. The predicted octanol–water partition coefficient (Wildman–Crippen LogP) is 4.97. The maximum atomic E-state index is 13.3. The van der Waals surface area contributed by atoms with E-state index in [0.29, 0.717) is 65.9 Å². The number of ether oxygens (including phenoxy) is 3. The molecule has 2 aliphatic heterocycles. The van der Waals surface area contributed by atoms with E-state index < -0.39 is 5.97 Å². The van der Waals surface area contributed by atoms with Gasteiger partial charge in [0.2, 0.25) is 5.91 Å². The lowest BCUT2D eigenvalue weighted by Crippen LogP contribution is -2.37. The Bertz CT molecular complexity index is 1930. The summed E-state index contributed by atoms with van der Waals surface area (Å²) in [5.41, 5.74) is 3.78. The lowest BCUT2D eigenvalue weighted by atomic mass is 10.1. The fourth-order valence-electron chi connectivity index (χ4n) is 6.03. The molecule has 3 N–H and O–H groups in total. The number of nitrogens with one attached hydrogen (secondary N) is 3. The van der Waals surface area contributed by atoms with Crippen LogP contribution in [0.25, 0.3) is 5.57 Å². The van der Waals surface area contributed by atoms with Crippen molar-refractivity contribution in [1.82, 2.24) is 24.4 Å². The van der Waals surface area contributed by atoms with Gasteiger partial charge in [-0.1, -0.05) is 34.2 Å². The summed E-state index contributed by atoms with van der Waals surface area (Å²) in [5, 5.41) is 8.63. The number of allylic oxidation sites excluding steroid dienone is 5. The highest BCUT2D eigenvalue weighted by Gasteiger charge is 2.29. The average Bonchev–Trinajstić information content (AvgIpc) is 3.90. The lowest BCUT2D eigenvalue weighted by Gasteiger charge is -2.22. The predicted molar refractivity (Wildman–Crippen MR) is 217 cm³/mol. The number of hydrogen-bond acceptors (Lipinski definition) is 9. The minimum absolute atomic E-state index is 0.0535. The number of aromatic nitrogens is 2. The Hall–Kier alpha value is -5.46. The van der Waals surface area contributed by atoms with E-state index in [4.69, 9.17) is 14.2 Å². The number of anilines is 1. The molecule has 2 unspecified atom stereocenters. The topological polar surface area (TPSA) is 158 Å². The van der Waals surface area contributed by atoms with Crippen molar-refractivity contribution in [3.8, 4) is 0 Å². The lowest BCUT2D eigenvalue weighted by molar-refractivity contribution is -0.126. The highest BCUT2D eigenvalue weighted by atomic mass is 31.0. The third kappa shape index (κ3) is 11.8. The summed E-state index contributed by atoms with van der Waals surface area (Å²) in [6, 6.07) is 3.33. The van der Waals surface area contributed by atoms with Crippen LogP contribution in [-0.4, -0.2) is 89.9 Å². The summed E-state index contributed by atoms with van der Waals surface area (Å²) >= 11 is 0. The van der Waals surface area contributed by atoms with Crippen LogP contribution in [0.15, 0.2) is 95.3 Å². The Morgan fingerprint density at radius 2 is 1.84 bits per heavy atom. The molecule has 2 aliphatic rings. The Kier molecular flexibility index (Phi) is 16.0. The quantitative estimate of drug-likeness (QED) is 0.0710. The van der Waals surface area contributed by atoms with Crippen molar-refractivity contribution in [2.24, 2.45) is 19.1 Å². The smallest absolute Gasteiger partial charge is 0.355 e. The molecule has 0 saturated carbocycles. The second-order valence-electron chi connectivity index (χ2n) is 12.8. The van der Waals surface area contributed by atoms with Gasteiger partial charge in [0.15, 0.2) is 11.5 Å². The van der Waals surface area contributed by atoms with E-state index in [-0.39, 0.29) is 43.4 Å². The highest BCUT2D eigenvalue weighted by Crippen LogP contribution is 2.23. The van der Waals surface area contributed by atoms with Crippen LogP contribution in [0.1, 0.15) is 66.1 Å². The van der Waals surface area contributed by atoms with Gasteiger partial charge in [-0.05, 0) is 74.6 Å². The fourth-order valence-corrected chi connectivity index (χ4v) is 6.14. The zero-order chi connectivity index (χ0) is 39.9. The van der Waals surface area contributed by atoms with E-state index >= 15 is 0 Å². The van der Waals surface area contributed by atoms with Crippen LogP contribution in [-0.2, 0) is 37.9 Å². The van der Waals surface area contributed by atoms with Crippen LogP contribution in [0.4, 0.5) is 5.69 Å². The van der Waals surface area contributed by atoms with E-state index in [1.54, 1.807) is 70.8 Å². The van der Waals surface area contributed by atoms with Crippen molar-refractivity contribution in [2.45, 2.75) is 45.6 Å². The van der Waals surface area contributed by atoms with Crippen LogP contribution in [0.2, 0.25) is 0 Å². The molecule has 2 atom stereocenters. The molecule has 2 aromatic rings. The van der Waals surface area contributed by atoms with Crippen LogP contribution in [0, 0.1) is 0 Å². The summed E-state index contributed by atoms with van der Waals surface area (Å²) < 4.78 is 20.2. The summed E-state index contributed by atoms with van der Waals surface area (Å²) in [6.07, 6.45) is 18.4. The van der Waals surface area contributed by atoms with Gasteiger partial charge >= 0.3 is 5.97 Å². The van der Waals surface area contributed by atoms with Gasteiger partial charge in [0.1, 0.15) is 18.0 Å². The fraction of sp³-hybridized carbons (Fsp3) is 0.375. The van der Waals surface area contributed by atoms with E-state index in [2.05, 4.69) is 36.7 Å². The number of amides is 3. The molecule has 0 radical (unpaired) electrons. The molecule has 4 rings (SSSR count). The largest absolute Gasteiger partial charge is 0.493 e. The number of methoxy groups -OCH3 is 1. The number of fused-ring (bicyclic) bond motifs is 1. The molecular weight excluding hydrogens is 721 g/mol. The standard InChI is InChI=1S/C40H52N7O7P/c1-7-28(29-22-34(45(4)25-29)40(51)54-20-17-42-55)13-14-30(8-2)44-38(49)33-23-31(26-46(33)5)43-37(48)12-10-19-53-35-15-16-41-24-32-11-9-18-47(32)39(50)27(3)21-36(35)52-6/h7-8,13-15,21-26,32,42H,3,9-12,16-20,55H2,1-2,4-6H3,(H,43,48)(H,44,49)/b14-13-,28-7+,30-8+,35-15+,36-21+,41-24?. The number of carbonyl (C=O) groups is 4. The summed E-state index contributed by atoms with van der Waals surface area (Å²) in [5.74, 6) is -0.405. The summed E-state index contributed by atoms with van der Waals surface area (Å²) in [4.78, 5) is 57.9. The van der Waals surface area contributed by atoms with Crippen molar-refractivity contribution >= 4 is 50.6 Å². The molecule has 0 aliphatic carbocycles. The van der Waals surface area contributed by atoms with Gasteiger partial charge in [0, 0.05) is 63.5 Å². The van der Waals surface area contributed by atoms with Crippen LogP contribution < -0.4 is 15.7 Å². The van der Waals surface area contributed by atoms with E-state index in [1.807, 2.05) is 38.4 Å². The van der Waals surface area contributed by atoms with Gasteiger partial charge in [-0.15, -0.1) is 0 Å². The van der Waals surface area contributed by atoms with Gasteiger partial charge in [-0.3, -0.25) is 24.5 Å². The maximum Gasteiger partial charge on any atom is 0.355 e. The first-order valence-electron chi connectivity index (χ1n) is 18.1. The van der Waals surface area contributed by atoms with E-state index in [9.17, 15) is 19.2 Å². The molecule has 1 saturated heterocycles. The van der Waals surface area contributed by atoms with Crippen molar-refractivity contribution in [3.63, 3.8) is 0 Å². The first-order valence-corrected chi connectivity index (χ1v) is 18.7. The third-order valence-electron chi connectivity index (χ3n) is 8.94. The second-order valence-corrected chi connectivity index (χ2v) is 13.3. The van der Waals surface area contributed by atoms with Gasteiger partial charge in [0.25, 0.3) is 11.8 Å². The number of nitrogens with zero attached hydrogens (tertiary/aromatic N) is 4. The van der Waals surface area contributed by atoms with Gasteiger partial charge < -0.3 is 38.9 Å². The highest BCUT2D eigenvalue weighted by molar-refractivity contribution is 7.13. The van der Waals surface area contributed by atoms with Crippen molar-refractivity contribution in [2.75, 3.05) is 45.3 Å². The molecule has 1 fully saturated rings. The molecule has 14 nitrogen and oxygen atoms in total. The van der Waals surface area contributed by atoms with Crippen LogP contribution in [0.5, 0.6) is 0 Å². The molecular formula is C40H52N7O7P. The van der Waals surface area contributed by atoms with Crippen molar-refractivity contribution in [1.29, 1.82) is 0 Å². The number of esters is 1. The van der Waals surface area contributed by atoms with Crippen LogP contribution in [0.3, 0.4) is 0 Å². The molecule has 55 heavy (non-hydrogen) atoms. The average molecular weight is 774 g/mol. The molecule has 0 bridgehead atoms. The zero-order valence-corrected chi connectivity index (χ0v) is 33.4.